The average molecular weight is 370 g/mol. The molecule has 0 spiro atoms. The lowest BCUT2D eigenvalue weighted by Crippen LogP contribution is -2.13. The summed E-state index contributed by atoms with van der Waals surface area (Å²) in [7, 11) is 0. The van der Waals surface area contributed by atoms with Gasteiger partial charge in [-0.05, 0) is 42.5 Å². The van der Waals surface area contributed by atoms with Crippen molar-refractivity contribution in [2.75, 3.05) is 5.32 Å². The highest BCUT2D eigenvalue weighted by Crippen LogP contribution is 2.29. The first-order valence-electron chi connectivity index (χ1n) is 8.54. The van der Waals surface area contributed by atoms with E-state index in [0.29, 0.717) is 22.3 Å². The first-order chi connectivity index (χ1) is 13.8. The Kier molecular flexibility index (Phi) is 3.68. The van der Waals surface area contributed by atoms with Crippen LogP contribution in [0.4, 0.5) is 5.95 Å². The minimum Gasteiger partial charge on any atom is -0.360 e. The lowest BCUT2D eigenvalue weighted by molar-refractivity contribution is 0.102. The second kappa shape index (κ2) is 6.47. The van der Waals surface area contributed by atoms with Gasteiger partial charge in [0.2, 0.25) is 5.95 Å². The van der Waals surface area contributed by atoms with Gasteiger partial charge in [0, 0.05) is 18.0 Å². The molecule has 4 heterocycles. The summed E-state index contributed by atoms with van der Waals surface area (Å²) < 4.78 is 0. The van der Waals surface area contributed by atoms with E-state index in [4.69, 9.17) is 9.97 Å². The maximum absolute atomic E-state index is 12.5. The van der Waals surface area contributed by atoms with Crippen LogP contribution in [0.3, 0.4) is 0 Å². The van der Waals surface area contributed by atoms with Gasteiger partial charge >= 0.3 is 0 Å². The van der Waals surface area contributed by atoms with E-state index in [-0.39, 0.29) is 11.9 Å². The molecular weight excluding hydrogens is 356 g/mol. The summed E-state index contributed by atoms with van der Waals surface area (Å²) in [5.74, 6) is -0.0272. The number of hydrogen-bond donors (Lipinski definition) is 4. The standard InChI is InChI=1S/C19H14N8O/c28-18(26-19-22-10-23-27-19)11-5-6-12-15(9-11)25-17(14-4-2-8-21-14)16(24-12)13-3-1-7-20-13/h1-10,20-21H,(H2,22,23,26,27,28). The van der Waals surface area contributed by atoms with Crippen molar-refractivity contribution in [1.29, 1.82) is 0 Å². The molecule has 1 aromatic carbocycles. The topological polar surface area (TPSA) is 128 Å². The van der Waals surface area contributed by atoms with Crippen molar-refractivity contribution in [2.45, 2.75) is 0 Å². The molecule has 0 radical (unpaired) electrons. The fourth-order valence-corrected chi connectivity index (χ4v) is 2.97. The van der Waals surface area contributed by atoms with E-state index in [0.717, 1.165) is 17.1 Å². The lowest BCUT2D eigenvalue weighted by atomic mass is 10.1. The Hall–Kier alpha value is -4.27. The number of carbonyl (C=O) groups excluding carboxylic acids is 1. The van der Waals surface area contributed by atoms with Crippen molar-refractivity contribution >= 4 is 22.9 Å². The second-order valence-electron chi connectivity index (χ2n) is 6.08. The number of aromatic amines is 3. The van der Waals surface area contributed by atoms with Crippen LogP contribution in [-0.2, 0) is 0 Å². The van der Waals surface area contributed by atoms with Crippen LogP contribution in [-0.4, -0.2) is 41.0 Å². The Balaban J connectivity index is 1.61. The third kappa shape index (κ3) is 2.80. The number of aromatic nitrogens is 7. The van der Waals surface area contributed by atoms with Crippen LogP contribution in [0.15, 0.2) is 61.2 Å². The van der Waals surface area contributed by atoms with Crippen molar-refractivity contribution in [2.24, 2.45) is 0 Å². The first-order valence-corrected chi connectivity index (χ1v) is 8.54. The van der Waals surface area contributed by atoms with Crippen LogP contribution in [0.2, 0.25) is 0 Å². The lowest BCUT2D eigenvalue weighted by Gasteiger charge is -2.09. The van der Waals surface area contributed by atoms with Gasteiger partial charge in [-0.1, -0.05) is 0 Å². The van der Waals surface area contributed by atoms with Crippen molar-refractivity contribution in [3.8, 4) is 22.8 Å². The van der Waals surface area contributed by atoms with Gasteiger partial charge in [0.05, 0.1) is 22.4 Å². The predicted molar refractivity (Wildman–Crippen MR) is 103 cm³/mol. The molecule has 136 valence electrons. The normalized spacial score (nSPS) is 11.0. The zero-order chi connectivity index (χ0) is 18.9. The number of H-pyrrole nitrogens is 3. The van der Waals surface area contributed by atoms with E-state index in [9.17, 15) is 4.79 Å². The van der Waals surface area contributed by atoms with Crippen molar-refractivity contribution < 1.29 is 4.79 Å². The molecule has 0 unspecified atom stereocenters. The fraction of sp³-hybridized carbons (Fsp3) is 0. The van der Waals surface area contributed by atoms with Gasteiger partial charge < -0.3 is 9.97 Å². The van der Waals surface area contributed by atoms with E-state index < -0.39 is 0 Å². The van der Waals surface area contributed by atoms with E-state index in [1.807, 2.05) is 36.7 Å². The molecule has 0 saturated carbocycles. The van der Waals surface area contributed by atoms with E-state index in [1.54, 1.807) is 18.2 Å². The van der Waals surface area contributed by atoms with Gasteiger partial charge in [-0.2, -0.15) is 10.1 Å². The zero-order valence-corrected chi connectivity index (χ0v) is 14.5. The molecule has 0 fully saturated rings. The van der Waals surface area contributed by atoms with Gasteiger partial charge in [0.1, 0.15) is 17.7 Å². The highest BCUT2D eigenvalue weighted by atomic mass is 16.1. The number of carbonyl (C=O) groups is 1. The molecule has 5 rings (SSSR count). The second-order valence-corrected chi connectivity index (χ2v) is 6.08. The molecule has 9 heteroatoms. The first kappa shape index (κ1) is 15.9. The van der Waals surface area contributed by atoms with Gasteiger partial charge in [0.25, 0.3) is 5.91 Å². The smallest absolute Gasteiger partial charge is 0.258 e. The fourth-order valence-electron chi connectivity index (χ4n) is 2.97. The number of anilines is 1. The average Bonchev–Trinajstić information content (AvgIpc) is 3.50. The molecule has 5 aromatic rings. The number of benzene rings is 1. The Morgan fingerprint density at radius 3 is 2.21 bits per heavy atom. The number of amides is 1. The Morgan fingerprint density at radius 1 is 0.893 bits per heavy atom. The summed E-state index contributed by atoms with van der Waals surface area (Å²) in [4.78, 5) is 32.3. The number of fused-ring (bicyclic) bond motifs is 1. The van der Waals surface area contributed by atoms with E-state index in [1.165, 1.54) is 6.33 Å². The van der Waals surface area contributed by atoms with Crippen LogP contribution in [0.25, 0.3) is 33.8 Å². The quantitative estimate of drug-likeness (QED) is 0.387. The molecule has 0 atom stereocenters. The SMILES string of the molecule is O=C(Nc1ncn[nH]1)c1ccc2nc(-c3ccc[nH]3)c(-c3ccc[nH]3)nc2c1. The largest absolute Gasteiger partial charge is 0.360 e. The number of nitrogens with one attached hydrogen (secondary N) is 4. The Labute approximate surface area is 158 Å². The third-order valence-corrected chi connectivity index (χ3v) is 4.28. The number of nitrogens with zero attached hydrogens (tertiary/aromatic N) is 4. The summed E-state index contributed by atoms with van der Waals surface area (Å²) in [6.07, 6.45) is 5.00. The molecule has 4 aromatic heterocycles. The third-order valence-electron chi connectivity index (χ3n) is 4.28. The summed E-state index contributed by atoms with van der Waals surface area (Å²) >= 11 is 0. The van der Waals surface area contributed by atoms with Crippen molar-refractivity contribution in [3.05, 3.63) is 66.7 Å². The summed E-state index contributed by atoms with van der Waals surface area (Å²) in [6, 6.07) is 12.9. The van der Waals surface area contributed by atoms with Gasteiger partial charge in [0.15, 0.2) is 0 Å². The maximum Gasteiger partial charge on any atom is 0.258 e. The highest BCUT2D eigenvalue weighted by molar-refractivity contribution is 6.05. The monoisotopic (exact) mass is 370 g/mol. The minimum atomic E-state index is -0.310. The van der Waals surface area contributed by atoms with Gasteiger partial charge in [-0.25, -0.2) is 15.1 Å². The number of hydrogen-bond acceptors (Lipinski definition) is 5. The highest BCUT2D eigenvalue weighted by Gasteiger charge is 2.16. The number of rotatable bonds is 4. The maximum atomic E-state index is 12.5. The molecular formula is C19H14N8O. The Bertz CT molecular complexity index is 1240. The van der Waals surface area contributed by atoms with Crippen LogP contribution in [0.5, 0.6) is 0 Å². The summed E-state index contributed by atoms with van der Waals surface area (Å²) in [5, 5.41) is 8.96. The molecule has 28 heavy (non-hydrogen) atoms. The van der Waals surface area contributed by atoms with Crippen LogP contribution in [0.1, 0.15) is 10.4 Å². The molecule has 1 amide bonds. The Morgan fingerprint density at radius 2 is 1.61 bits per heavy atom. The van der Waals surface area contributed by atoms with Gasteiger partial charge in [-0.3, -0.25) is 10.1 Å². The van der Waals surface area contributed by atoms with Gasteiger partial charge in [-0.15, -0.1) is 0 Å². The molecule has 4 N–H and O–H groups in total. The summed E-state index contributed by atoms with van der Waals surface area (Å²) in [5.41, 5.74) is 4.90. The van der Waals surface area contributed by atoms with Crippen molar-refractivity contribution in [3.63, 3.8) is 0 Å². The molecule has 0 aliphatic rings. The zero-order valence-electron chi connectivity index (χ0n) is 14.5. The minimum absolute atomic E-state index is 0.283. The van der Waals surface area contributed by atoms with E-state index >= 15 is 0 Å². The van der Waals surface area contributed by atoms with Crippen LogP contribution in [0, 0.1) is 0 Å². The van der Waals surface area contributed by atoms with Crippen LogP contribution < -0.4 is 5.32 Å². The molecule has 9 nitrogen and oxygen atoms in total. The molecule has 0 bridgehead atoms. The van der Waals surface area contributed by atoms with Crippen LogP contribution >= 0.6 is 0 Å². The molecule has 0 aliphatic carbocycles. The molecule has 0 saturated heterocycles. The van der Waals surface area contributed by atoms with E-state index in [2.05, 4.69) is 30.5 Å². The predicted octanol–water partition coefficient (Wildman–Crippen LogP) is 2.99. The summed E-state index contributed by atoms with van der Waals surface area (Å²) in [6.45, 7) is 0. The molecule has 0 aliphatic heterocycles. The van der Waals surface area contributed by atoms with Crippen molar-refractivity contribution in [1.82, 2.24) is 35.1 Å².